The van der Waals surface area contributed by atoms with Crippen LogP contribution in [0.4, 0.5) is 0 Å². The van der Waals surface area contributed by atoms with E-state index in [0.717, 1.165) is 47.8 Å². The molecule has 1 aromatic heterocycles. The Kier molecular flexibility index (Phi) is 6.75. The number of nitrogens with one attached hydrogen (secondary N) is 1. The quantitative estimate of drug-likeness (QED) is 0.589. The lowest BCUT2D eigenvalue weighted by atomic mass is 10.0. The summed E-state index contributed by atoms with van der Waals surface area (Å²) in [4.78, 5) is 15.1. The number of hydrogen-bond donors (Lipinski definition) is 1. The molecule has 0 aliphatic carbocycles. The average molecular weight is 435 g/mol. The number of carbonyl (C=O) groups is 1. The maximum atomic E-state index is 12.8. The molecule has 2 heterocycles. The molecule has 0 saturated heterocycles. The maximum absolute atomic E-state index is 12.8. The van der Waals surface area contributed by atoms with Gasteiger partial charge in [0.1, 0.15) is 11.5 Å². The van der Waals surface area contributed by atoms with Crippen LogP contribution in [-0.4, -0.2) is 47.9 Å². The fourth-order valence-electron chi connectivity index (χ4n) is 4.21. The van der Waals surface area contributed by atoms with Gasteiger partial charge in [0, 0.05) is 43.9 Å². The Morgan fingerprint density at radius 3 is 2.31 bits per heavy atom. The van der Waals surface area contributed by atoms with Crippen LogP contribution in [0.15, 0.2) is 48.5 Å². The summed E-state index contributed by atoms with van der Waals surface area (Å²) >= 11 is 0. The van der Waals surface area contributed by atoms with Gasteiger partial charge in [0.15, 0.2) is 5.69 Å². The van der Waals surface area contributed by atoms with Crippen molar-refractivity contribution in [1.29, 1.82) is 0 Å². The highest BCUT2D eigenvalue weighted by Crippen LogP contribution is 2.26. The van der Waals surface area contributed by atoms with E-state index < -0.39 is 0 Å². The van der Waals surface area contributed by atoms with E-state index in [2.05, 4.69) is 28.4 Å². The number of methoxy groups -OCH3 is 2. The van der Waals surface area contributed by atoms with Crippen molar-refractivity contribution in [1.82, 2.24) is 20.0 Å². The predicted molar refractivity (Wildman–Crippen MR) is 123 cm³/mol. The van der Waals surface area contributed by atoms with Gasteiger partial charge in [0.25, 0.3) is 5.91 Å². The van der Waals surface area contributed by atoms with E-state index in [1.807, 2.05) is 41.9 Å². The van der Waals surface area contributed by atoms with Crippen LogP contribution >= 0.6 is 0 Å². The van der Waals surface area contributed by atoms with E-state index in [1.54, 1.807) is 14.2 Å². The zero-order valence-electron chi connectivity index (χ0n) is 18.9. The summed E-state index contributed by atoms with van der Waals surface area (Å²) < 4.78 is 12.7. The van der Waals surface area contributed by atoms with E-state index in [9.17, 15) is 4.79 Å². The van der Waals surface area contributed by atoms with Crippen molar-refractivity contribution in [2.45, 2.75) is 33.0 Å². The van der Waals surface area contributed by atoms with Crippen LogP contribution in [0.2, 0.25) is 0 Å². The van der Waals surface area contributed by atoms with Gasteiger partial charge in [-0.3, -0.25) is 14.4 Å². The van der Waals surface area contributed by atoms with Gasteiger partial charge in [-0.05, 0) is 42.3 Å². The summed E-state index contributed by atoms with van der Waals surface area (Å²) in [5, 5.41) is 7.66. The van der Waals surface area contributed by atoms with Crippen LogP contribution in [0.25, 0.3) is 0 Å². The minimum Gasteiger partial charge on any atom is -0.497 e. The highest BCUT2D eigenvalue weighted by molar-refractivity contribution is 5.94. The molecule has 1 aliphatic heterocycles. The topological polar surface area (TPSA) is 68.6 Å². The summed E-state index contributed by atoms with van der Waals surface area (Å²) in [6.07, 6.45) is 0.843. The molecule has 1 N–H and O–H groups in total. The molecule has 2 aromatic carbocycles. The molecule has 0 unspecified atom stereocenters. The Hall–Kier alpha value is -3.32. The molecule has 168 valence electrons. The Labute approximate surface area is 188 Å². The average Bonchev–Trinajstić information content (AvgIpc) is 3.17. The van der Waals surface area contributed by atoms with Crippen LogP contribution in [-0.2, 0) is 26.1 Å². The second-order valence-electron chi connectivity index (χ2n) is 7.95. The third-order valence-corrected chi connectivity index (χ3v) is 5.77. The van der Waals surface area contributed by atoms with Gasteiger partial charge in [-0.2, -0.15) is 5.10 Å². The van der Waals surface area contributed by atoms with Crippen molar-refractivity contribution in [2.24, 2.45) is 0 Å². The van der Waals surface area contributed by atoms with E-state index in [-0.39, 0.29) is 5.91 Å². The molecule has 0 fully saturated rings. The Bertz CT molecular complexity index is 1090. The first-order chi connectivity index (χ1) is 15.6. The minimum absolute atomic E-state index is 0.114. The predicted octanol–water partition coefficient (Wildman–Crippen LogP) is 3.26. The zero-order chi connectivity index (χ0) is 22.5. The summed E-state index contributed by atoms with van der Waals surface area (Å²) in [6.45, 7) is 5.50. The molecule has 0 spiro atoms. The van der Waals surface area contributed by atoms with Crippen molar-refractivity contribution >= 4 is 5.91 Å². The van der Waals surface area contributed by atoms with E-state index >= 15 is 0 Å². The lowest BCUT2D eigenvalue weighted by molar-refractivity contribution is 0.0947. The molecule has 0 saturated carbocycles. The standard InChI is InChI=1S/C25H30N4O3/c1-4-26-25(30)24-22-17-28(15-18-7-5-9-20(13-18)31-2)12-11-23(22)29(27-24)16-19-8-6-10-21(14-19)32-3/h5-10,13-14H,4,11-12,15-17H2,1-3H3,(H,26,30). The largest absolute Gasteiger partial charge is 0.497 e. The van der Waals surface area contributed by atoms with E-state index in [0.29, 0.717) is 25.3 Å². The number of benzene rings is 2. The second kappa shape index (κ2) is 9.87. The third kappa shape index (κ3) is 4.78. The van der Waals surface area contributed by atoms with Crippen LogP contribution in [0.5, 0.6) is 11.5 Å². The van der Waals surface area contributed by atoms with Gasteiger partial charge in [0.2, 0.25) is 0 Å². The van der Waals surface area contributed by atoms with Crippen molar-refractivity contribution < 1.29 is 14.3 Å². The van der Waals surface area contributed by atoms with Crippen molar-refractivity contribution in [2.75, 3.05) is 27.3 Å². The van der Waals surface area contributed by atoms with Crippen LogP contribution in [0.1, 0.15) is 39.8 Å². The number of fused-ring (bicyclic) bond motifs is 1. The molecule has 32 heavy (non-hydrogen) atoms. The zero-order valence-corrected chi connectivity index (χ0v) is 18.9. The number of rotatable bonds is 8. The molecule has 4 rings (SSSR count). The first-order valence-corrected chi connectivity index (χ1v) is 11.0. The van der Waals surface area contributed by atoms with E-state index in [1.165, 1.54) is 5.56 Å². The maximum Gasteiger partial charge on any atom is 0.272 e. The molecule has 1 amide bonds. The first-order valence-electron chi connectivity index (χ1n) is 11.0. The first kappa shape index (κ1) is 21.9. The van der Waals surface area contributed by atoms with Gasteiger partial charge in [-0.25, -0.2) is 0 Å². The van der Waals surface area contributed by atoms with E-state index in [4.69, 9.17) is 14.6 Å². The number of nitrogens with zero attached hydrogens (tertiary/aromatic N) is 3. The normalized spacial score (nSPS) is 13.5. The van der Waals surface area contributed by atoms with Gasteiger partial charge < -0.3 is 14.8 Å². The fraction of sp³-hybridized carbons (Fsp3) is 0.360. The molecular formula is C25H30N4O3. The van der Waals surface area contributed by atoms with Crippen LogP contribution < -0.4 is 14.8 Å². The SMILES string of the molecule is CCNC(=O)c1nn(Cc2cccc(OC)c2)c2c1CN(Cc1cccc(OC)c1)CC2. The summed E-state index contributed by atoms with van der Waals surface area (Å²) in [6, 6.07) is 16.1. The molecule has 0 bridgehead atoms. The minimum atomic E-state index is -0.114. The Morgan fingerprint density at radius 2 is 1.69 bits per heavy atom. The smallest absolute Gasteiger partial charge is 0.272 e. The molecule has 1 aliphatic rings. The molecular weight excluding hydrogens is 404 g/mol. The Morgan fingerprint density at radius 1 is 1.03 bits per heavy atom. The summed E-state index contributed by atoms with van der Waals surface area (Å²) in [5.41, 5.74) is 4.97. The fourth-order valence-corrected chi connectivity index (χ4v) is 4.21. The number of hydrogen-bond acceptors (Lipinski definition) is 5. The molecule has 7 heteroatoms. The molecule has 0 radical (unpaired) electrons. The third-order valence-electron chi connectivity index (χ3n) is 5.77. The van der Waals surface area contributed by atoms with Crippen LogP contribution in [0, 0.1) is 0 Å². The second-order valence-corrected chi connectivity index (χ2v) is 7.95. The number of aromatic nitrogens is 2. The lowest BCUT2D eigenvalue weighted by Crippen LogP contribution is -2.32. The van der Waals surface area contributed by atoms with Gasteiger partial charge in [-0.15, -0.1) is 0 Å². The number of carbonyl (C=O) groups excluding carboxylic acids is 1. The van der Waals surface area contributed by atoms with Crippen molar-refractivity contribution in [3.63, 3.8) is 0 Å². The van der Waals surface area contributed by atoms with Crippen molar-refractivity contribution in [3.8, 4) is 11.5 Å². The highest BCUT2D eigenvalue weighted by Gasteiger charge is 2.28. The molecule has 7 nitrogen and oxygen atoms in total. The Balaban J connectivity index is 1.60. The number of amides is 1. The molecule has 0 atom stereocenters. The molecule has 3 aromatic rings. The van der Waals surface area contributed by atoms with Crippen molar-refractivity contribution in [3.05, 3.63) is 76.6 Å². The summed E-state index contributed by atoms with van der Waals surface area (Å²) in [7, 11) is 3.35. The highest BCUT2D eigenvalue weighted by atomic mass is 16.5. The van der Waals surface area contributed by atoms with Gasteiger partial charge in [-0.1, -0.05) is 24.3 Å². The van der Waals surface area contributed by atoms with Gasteiger partial charge >= 0.3 is 0 Å². The van der Waals surface area contributed by atoms with Crippen LogP contribution in [0.3, 0.4) is 0 Å². The van der Waals surface area contributed by atoms with Gasteiger partial charge in [0.05, 0.1) is 20.8 Å². The lowest BCUT2D eigenvalue weighted by Gasteiger charge is -2.28. The number of ether oxygens (including phenoxy) is 2. The monoisotopic (exact) mass is 434 g/mol. The summed E-state index contributed by atoms with van der Waals surface area (Å²) in [5.74, 6) is 1.56.